The summed E-state index contributed by atoms with van der Waals surface area (Å²) in [4.78, 5) is 0. The van der Waals surface area contributed by atoms with Crippen LogP contribution in [0.5, 0.6) is 5.75 Å². The Morgan fingerprint density at radius 2 is 2.31 bits per heavy atom. The zero-order valence-corrected chi connectivity index (χ0v) is 11.4. The van der Waals surface area contributed by atoms with Gasteiger partial charge in [-0.1, -0.05) is 19.1 Å². The van der Waals surface area contributed by atoms with Gasteiger partial charge in [0.25, 0.3) is 0 Å². The fourth-order valence-electron chi connectivity index (χ4n) is 1.51. The van der Waals surface area contributed by atoms with Crippen molar-refractivity contribution in [3.05, 3.63) is 40.9 Å². The second-order valence-corrected chi connectivity index (χ2v) is 4.42. The Bertz CT molecular complexity index is 352. The van der Waals surface area contributed by atoms with E-state index >= 15 is 0 Å². The van der Waals surface area contributed by atoms with Crippen LogP contribution in [0, 0.1) is 0 Å². The van der Waals surface area contributed by atoms with Crippen LogP contribution in [0.4, 0.5) is 0 Å². The molecular weight excluding hydrogens is 266 g/mol. The maximum absolute atomic E-state index is 5.20. The SMILES string of the molecule is C=CC(NCCC)c1ccc(OC)c(Br)c1. The van der Waals surface area contributed by atoms with Gasteiger partial charge in [0.2, 0.25) is 0 Å². The van der Waals surface area contributed by atoms with Crippen LogP contribution in [-0.2, 0) is 0 Å². The van der Waals surface area contributed by atoms with Gasteiger partial charge in [-0.05, 0) is 46.6 Å². The summed E-state index contributed by atoms with van der Waals surface area (Å²) in [6.07, 6.45) is 3.03. The molecule has 0 spiro atoms. The first kappa shape index (κ1) is 13.3. The average Bonchev–Trinajstić information content (AvgIpc) is 2.30. The van der Waals surface area contributed by atoms with Gasteiger partial charge in [-0.3, -0.25) is 0 Å². The molecule has 0 saturated heterocycles. The highest BCUT2D eigenvalue weighted by atomic mass is 79.9. The standard InChI is InChI=1S/C13H18BrNO/c1-4-8-15-12(5-2)10-6-7-13(16-3)11(14)9-10/h5-7,9,12,15H,2,4,8H2,1,3H3. The van der Waals surface area contributed by atoms with E-state index in [2.05, 4.69) is 46.9 Å². The molecule has 1 aromatic rings. The molecule has 0 fully saturated rings. The van der Waals surface area contributed by atoms with E-state index in [9.17, 15) is 0 Å². The number of ether oxygens (including phenoxy) is 1. The summed E-state index contributed by atoms with van der Waals surface area (Å²) < 4.78 is 6.17. The highest BCUT2D eigenvalue weighted by molar-refractivity contribution is 9.10. The molecule has 1 unspecified atom stereocenters. The number of hydrogen-bond donors (Lipinski definition) is 1. The van der Waals surface area contributed by atoms with Crippen LogP contribution in [0.1, 0.15) is 24.9 Å². The number of rotatable bonds is 6. The van der Waals surface area contributed by atoms with Gasteiger partial charge in [0.05, 0.1) is 17.6 Å². The molecule has 1 rings (SSSR count). The van der Waals surface area contributed by atoms with Gasteiger partial charge in [0.1, 0.15) is 5.75 Å². The first-order valence-corrected chi connectivity index (χ1v) is 6.21. The third-order valence-corrected chi connectivity index (χ3v) is 3.00. The molecule has 1 aromatic carbocycles. The second-order valence-electron chi connectivity index (χ2n) is 3.56. The summed E-state index contributed by atoms with van der Waals surface area (Å²) >= 11 is 3.49. The molecule has 1 atom stereocenters. The van der Waals surface area contributed by atoms with Crippen LogP contribution in [0.3, 0.4) is 0 Å². The Labute approximate surface area is 106 Å². The molecule has 0 bridgehead atoms. The minimum atomic E-state index is 0.196. The number of benzene rings is 1. The van der Waals surface area contributed by atoms with Gasteiger partial charge in [-0.2, -0.15) is 0 Å². The quantitative estimate of drug-likeness (QED) is 0.804. The van der Waals surface area contributed by atoms with Gasteiger partial charge in [-0.15, -0.1) is 6.58 Å². The van der Waals surface area contributed by atoms with Crippen molar-refractivity contribution in [2.24, 2.45) is 0 Å². The smallest absolute Gasteiger partial charge is 0.133 e. The van der Waals surface area contributed by atoms with Crippen molar-refractivity contribution < 1.29 is 4.74 Å². The molecule has 0 aliphatic carbocycles. The third kappa shape index (κ3) is 3.35. The zero-order chi connectivity index (χ0) is 12.0. The third-order valence-electron chi connectivity index (χ3n) is 2.38. The lowest BCUT2D eigenvalue weighted by molar-refractivity contribution is 0.412. The first-order valence-electron chi connectivity index (χ1n) is 5.42. The lowest BCUT2D eigenvalue weighted by atomic mass is 10.1. The molecule has 0 saturated carbocycles. The largest absolute Gasteiger partial charge is 0.496 e. The summed E-state index contributed by atoms with van der Waals surface area (Å²) in [7, 11) is 1.67. The van der Waals surface area contributed by atoms with E-state index in [1.807, 2.05) is 12.1 Å². The van der Waals surface area contributed by atoms with Crippen molar-refractivity contribution in [1.82, 2.24) is 5.32 Å². The fourth-order valence-corrected chi connectivity index (χ4v) is 2.07. The molecule has 0 aliphatic heterocycles. The number of halogens is 1. The molecule has 2 nitrogen and oxygen atoms in total. The first-order chi connectivity index (χ1) is 7.72. The average molecular weight is 284 g/mol. The monoisotopic (exact) mass is 283 g/mol. The number of nitrogens with one attached hydrogen (secondary N) is 1. The Kier molecular flexibility index (Phi) is 5.56. The Morgan fingerprint density at radius 3 is 2.81 bits per heavy atom. The summed E-state index contributed by atoms with van der Waals surface area (Å²) in [5.41, 5.74) is 1.19. The topological polar surface area (TPSA) is 21.3 Å². The molecule has 1 N–H and O–H groups in total. The molecule has 16 heavy (non-hydrogen) atoms. The Morgan fingerprint density at radius 1 is 1.56 bits per heavy atom. The van der Waals surface area contributed by atoms with Crippen molar-refractivity contribution in [1.29, 1.82) is 0 Å². The van der Waals surface area contributed by atoms with E-state index in [1.165, 1.54) is 5.56 Å². The molecule has 3 heteroatoms. The highest BCUT2D eigenvalue weighted by Gasteiger charge is 2.08. The summed E-state index contributed by atoms with van der Waals surface area (Å²) in [6.45, 7) is 6.99. The van der Waals surface area contributed by atoms with Gasteiger partial charge in [-0.25, -0.2) is 0 Å². The van der Waals surface area contributed by atoms with Crippen LogP contribution in [0.15, 0.2) is 35.3 Å². The summed E-state index contributed by atoms with van der Waals surface area (Å²) in [5.74, 6) is 0.849. The van der Waals surface area contributed by atoms with Crippen LogP contribution in [-0.4, -0.2) is 13.7 Å². The van der Waals surface area contributed by atoms with E-state index in [1.54, 1.807) is 7.11 Å². The lowest BCUT2D eigenvalue weighted by Crippen LogP contribution is -2.20. The summed E-state index contributed by atoms with van der Waals surface area (Å²) in [5, 5.41) is 3.42. The molecule has 0 radical (unpaired) electrons. The minimum absolute atomic E-state index is 0.196. The van der Waals surface area contributed by atoms with Crippen molar-refractivity contribution in [2.75, 3.05) is 13.7 Å². The minimum Gasteiger partial charge on any atom is -0.496 e. The maximum atomic E-state index is 5.20. The van der Waals surface area contributed by atoms with Gasteiger partial charge >= 0.3 is 0 Å². The molecule has 0 aromatic heterocycles. The number of hydrogen-bond acceptors (Lipinski definition) is 2. The molecule has 0 aliphatic rings. The van der Waals surface area contributed by atoms with Crippen molar-refractivity contribution in [3.8, 4) is 5.75 Å². The van der Waals surface area contributed by atoms with Crippen LogP contribution < -0.4 is 10.1 Å². The Hall–Kier alpha value is -0.800. The van der Waals surface area contributed by atoms with E-state index in [0.717, 1.165) is 23.2 Å². The van der Waals surface area contributed by atoms with E-state index in [0.29, 0.717) is 0 Å². The highest BCUT2D eigenvalue weighted by Crippen LogP contribution is 2.28. The lowest BCUT2D eigenvalue weighted by Gasteiger charge is -2.15. The second kappa shape index (κ2) is 6.71. The van der Waals surface area contributed by atoms with Crippen LogP contribution >= 0.6 is 15.9 Å². The molecule has 0 amide bonds. The van der Waals surface area contributed by atoms with E-state index in [4.69, 9.17) is 4.74 Å². The van der Waals surface area contributed by atoms with Crippen LogP contribution in [0.2, 0.25) is 0 Å². The normalized spacial score (nSPS) is 12.2. The molecule has 0 heterocycles. The molecular formula is C13H18BrNO. The Balaban J connectivity index is 2.85. The van der Waals surface area contributed by atoms with E-state index in [-0.39, 0.29) is 6.04 Å². The van der Waals surface area contributed by atoms with Gasteiger partial charge < -0.3 is 10.1 Å². The van der Waals surface area contributed by atoms with Gasteiger partial charge in [0.15, 0.2) is 0 Å². The van der Waals surface area contributed by atoms with Crippen molar-refractivity contribution in [3.63, 3.8) is 0 Å². The summed E-state index contributed by atoms with van der Waals surface area (Å²) in [6, 6.07) is 6.28. The number of methoxy groups -OCH3 is 1. The zero-order valence-electron chi connectivity index (χ0n) is 9.79. The predicted molar refractivity (Wildman–Crippen MR) is 71.9 cm³/mol. The van der Waals surface area contributed by atoms with E-state index < -0.39 is 0 Å². The van der Waals surface area contributed by atoms with Crippen molar-refractivity contribution >= 4 is 15.9 Å². The molecule has 88 valence electrons. The van der Waals surface area contributed by atoms with Crippen LogP contribution in [0.25, 0.3) is 0 Å². The maximum Gasteiger partial charge on any atom is 0.133 e. The fraction of sp³-hybridized carbons (Fsp3) is 0.385. The van der Waals surface area contributed by atoms with Crippen molar-refractivity contribution in [2.45, 2.75) is 19.4 Å². The van der Waals surface area contributed by atoms with Gasteiger partial charge in [0, 0.05) is 0 Å². The predicted octanol–water partition coefficient (Wildman–Crippen LogP) is 3.68.